The summed E-state index contributed by atoms with van der Waals surface area (Å²) in [6.45, 7) is 10.6. The van der Waals surface area contributed by atoms with Gasteiger partial charge in [0.15, 0.2) is 0 Å². The lowest BCUT2D eigenvalue weighted by Gasteiger charge is -2.22. The first-order chi connectivity index (χ1) is 7.11. The van der Waals surface area contributed by atoms with E-state index in [1.165, 1.54) is 6.08 Å². The highest BCUT2D eigenvalue weighted by molar-refractivity contribution is 5.91. The van der Waals surface area contributed by atoms with Crippen molar-refractivity contribution in [3.8, 4) is 0 Å². The van der Waals surface area contributed by atoms with Gasteiger partial charge in [0.2, 0.25) is 5.91 Å². The molecule has 0 unspecified atom stereocenters. The van der Waals surface area contributed by atoms with Gasteiger partial charge < -0.3 is 10.1 Å². The summed E-state index contributed by atoms with van der Waals surface area (Å²) in [7, 11) is 0. The monoisotopic (exact) mass is 227 g/mol. The highest BCUT2D eigenvalue weighted by Crippen LogP contribution is 2.08. The molecule has 0 spiro atoms. The zero-order valence-electron chi connectivity index (χ0n) is 10.9. The second kappa shape index (κ2) is 5.68. The fourth-order valence-corrected chi connectivity index (χ4v) is 0.966. The molecule has 0 aliphatic heterocycles. The minimum atomic E-state index is -0.637. The third-order valence-electron chi connectivity index (χ3n) is 1.54. The van der Waals surface area contributed by atoms with E-state index in [1.54, 1.807) is 27.7 Å². The summed E-state index contributed by atoms with van der Waals surface area (Å²) in [5.41, 5.74) is 0.348. The Kier molecular flexibility index (Phi) is 5.21. The van der Waals surface area contributed by atoms with Gasteiger partial charge in [0, 0.05) is 6.08 Å². The molecule has 4 nitrogen and oxygen atoms in total. The largest absolute Gasteiger partial charge is 0.458 e. The van der Waals surface area contributed by atoms with E-state index in [1.807, 2.05) is 13.8 Å². The van der Waals surface area contributed by atoms with Crippen molar-refractivity contribution in [3.05, 3.63) is 11.6 Å². The normalized spacial score (nSPS) is 12.6. The van der Waals surface area contributed by atoms with E-state index < -0.39 is 17.6 Å². The first-order valence-electron chi connectivity index (χ1n) is 5.30. The van der Waals surface area contributed by atoms with Crippen LogP contribution in [-0.2, 0) is 14.3 Å². The van der Waals surface area contributed by atoms with Crippen molar-refractivity contribution in [2.45, 2.75) is 53.2 Å². The molecule has 0 aromatic rings. The van der Waals surface area contributed by atoms with Gasteiger partial charge in [-0.25, -0.2) is 4.79 Å². The average Bonchev–Trinajstić information content (AvgIpc) is 1.98. The van der Waals surface area contributed by atoms with Gasteiger partial charge in [0.25, 0.3) is 0 Å². The molecule has 0 bridgehead atoms. The molecule has 0 heterocycles. The number of esters is 1. The standard InChI is InChI=1S/C12H21NO3/c1-8(2)7-10(14)13-9(3)11(15)16-12(4,5)6/h7,9H,1-6H3,(H,13,14)/t9-/m0/s1. The zero-order chi connectivity index (χ0) is 12.9. The molecule has 1 N–H and O–H groups in total. The van der Waals surface area contributed by atoms with Crippen LogP contribution in [-0.4, -0.2) is 23.5 Å². The Labute approximate surface area is 97.1 Å². The Balaban J connectivity index is 4.27. The van der Waals surface area contributed by atoms with Gasteiger partial charge in [-0.1, -0.05) is 5.57 Å². The lowest BCUT2D eigenvalue weighted by molar-refractivity contribution is -0.157. The Morgan fingerprint density at radius 2 is 1.75 bits per heavy atom. The summed E-state index contributed by atoms with van der Waals surface area (Å²) in [5, 5.41) is 2.54. The van der Waals surface area contributed by atoms with E-state index in [9.17, 15) is 9.59 Å². The van der Waals surface area contributed by atoms with Crippen molar-refractivity contribution >= 4 is 11.9 Å². The van der Waals surface area contributed by atoms with Crippen LogP contribution in [0.5, 0.6) is 0 Å². The maximum Gasteiger partial charge on any atom is 0.328 e. The number of allylic oxidation sites excluding steroid dienone is 1. The molecule has 0 aliphatic rings. The average molecular weight is 227 g/mol. The van der Waals surface area contributed by atoms with Gasteiger partial charge in [-0.15, -0.1) is 0 Å². The summed E-state index contributed by atoms with van der Waals surface area (Å²) in [5.74, 6) is -0.707. The van der Waals surface area contributed by atoms with Gasteiger partial charge in [-0.2, -0.15) is 0 Å². The molecule has 16 heavy (non-hydrogen) atoms. The summed E-state index contributed by atoms with van der Waals surface area (Å²) in [6.07, 6.45) is 1.45. The van der Waals surface area contributed by atoms with Crippen LogP contribution in [0.15, 0.2) is 11.6 Å². The summed E-state index contributed by atoms with van der Waals surface area (Å²) in [4.78, 5) is 22.9. The highest BCUT2D eigenvalue weighted by Gasteiger charge is 2.22. The summed E-state index contributed by atoms with van der Waals surface area (Å²) < 4.78 is 5.13. The molecule has 0 radical (unpaired) electrons. The quantitative estimate of drug-likeness (QED) is 0.591. The molecule has 0 aliphatic carbocycles. The lowest BCUT2D eigenvalue weighted by atomic mass is 10.2. The molecule has 0 aromatic heterocycles. The van der Waals surface area contributed by atoms with Crippen molar-refractivity contribution in [1.29, 1.82) is 0 Å². The topological polar surface area (TPSA) is 55.4 Å². The van der Waals surface area contributed by atoms with Crippen LogP contribution < -0.4 is 5.32 Å². The maximum atomic E-state index is 11.5. The molecule has 0 saturated carbocycles. The van der Waals surface area contributed by atoms with Gasteiger partial charge in [-0.05, 0) is 41.5 Å². The van der Waals surface area contributed by atoms with Crippen molar-refractivity contribution in [2.24, 2.45) is 0 Å². The Morgan fingerprint density at radius 3 is 2.12 bits per heavy atom. The van der Waals surface area contributed by atoms with E-state index in [4.69, 9.17) is 4.74 Å². The van der Waals surface area contributed by atoms with Crippen molar-refractivity contribution in [3.63, 3.8) is 0 Å². The predicted molar refractivity (Wildman–Crippen MR) is 62.9 cm³/mol. The maximum absolute atomic E-state index is 11.5. The minimum absolute atomic E-state index is 0.279. The van der Waals surface area contributed by atoms with E-state index in [0.29, 0.717) is 0 Å². The lowest BCUT2D eigenvalue weighted by Crippen LogP contribution is -2.41. The van der Waals surface area contributed by atoms with Crippen molar-refractivity contribution in [1.82, 2.24) is 5.32 Å². The Bertz CT molecular complexity index is 296. The third-order valence-corrected chi connectivity index (χ3v) is 1.54. The molecule has 0 fully saturated rings. The molecule has 1 atom stereocenters. The SMILES string of the molecule is CC(C)=CC(=O)N[C@@H](C)C(=O)OC(C)(C)C. The van der Waals surface area contributed by atoms with Crippen LogP contribution >= 0.6 is 0 Å². The molecule has 0 rings (SSSR count). The second-order valence-corrected chi connectivity index (χ2v) is 4.99. The number of hydrogen-bond acceptors (Lipinski definition) is 3. The van der Waals surface area contributed by atoms with Crippen LogP contribution in [0.2, 0.25) is 0 Å². The third kappa shape index (κ3) is 7.04. The fraction of sp³-hybridized carbons (Fsp3) is 0.667. The molecular weight excluding hydrogens is 206 g/mol. The van der Waals surface area contributed by atoms with E-state index in [-0.39, 0.29) is 5.91 Å². The minimum Gasteiger partial charge on any atom is -0.458 e. The molecular formula is C12H21NO3. The van der Waals surface area contributed by atoms with E-state index in [2.05, 4.69) is 5.32 Å². The second-order valence-electron chi connectivity index (χ2n) is 4.99. The number of hydrogen-bond donors (Lipinski definition) is 1. The molecule has 4 heteroatoms. The van der Waals surface area contributed by atoms with Crippen LogP contribution in [0.3, 0.4) is 0 Å². The predicted octanol–water partition coefficient (Wildman–Crippen LogP) is 1.80. The number of rotatable bonds is 3. The van der Waals surface area contributed by atoms with Crippen LogP contribution in [0.4, 0.5) is 0 Å². The van der Waals surface area contributed by atoms with Crippen molar-refractivity contribution in [2.75, 3.05) is 0 Å². The van der Waals surface area contributed by atoms with Gasteiger partial charge in [0.1, 0.15) is 11.6 Å². The number of amides is 1. The number of nitrogens with one attached hydrogen (secondary N) is 1. The summed E-state index contributed by atoms with van der Waals surface area (Å²) in [6, 6.07) is -0.637. The zero-order valence-corrected chi connectivity index (χ0v) is 10.9. The van der Waals surface area contributed by atoms with Crippen LogP contribution in [0, 0.1) is 0 Å². The summed E-state index contributed by atoms with van der Waals surface area (Å²) >= 11 is 0. The van der Waals surface area contributed by atoms with Crippen molar-refractivity contribution < 1.29 is 14.3 Å². The van der Waals surface area contributed by atoms with Gasteiger partial charge >= 0.3 is 5.97 Å². The van der Waals surface area contributed by atoms with E-state index >= 15 is 0 Å². The fourth-order valence-electron chi connectivity index (χ4n) is 0.966. The molecule has 1 amide bonds. The smallest absolute Gasteiger partial charge is 0.328 e. The number of carbonyl (C=O) groups excluding carboxylic acids is 2. The highest BCUT2D eigenvalue weighted by atomic mass is 16.6. The van der Waals surface area contributed by atoms with Gasteiger partial charge in [-0.3, -0.25) is 4.79 Å². The number of carbonyl (C=O) groups is 2. The van der Waals surface area contributed by atoms with Crippen LogP contribution in [0.25, 0.3) is 0 Å². The Hall–Kier alpha value is -1.32. The molecule has 0 aromatic carbocycles. The molecule has 0 saturated heterocycles. The first kappa shape index (κ1) is 14.7. The van der Waals surface area contributed by atoms with Crippen LogP contribution in [0.1, 0.15) is 41.5 Å². The van der Waals surface area contributed by atoms with Gasteiger partial charge in [0.05, 0.1) is 0 Å². The molecule has 92 valence electrons. The first-order valence-corrected chi connectivity index (χ1v) is 5.30. The Morgan fingerprint density at radius 1 is 1.25 bits per heavy atom. The van der Waals surface area contributed by atoms with E-state index in [0.717, 1.165) is 5.57 Å². The number of ether oxygens (including phenoxy) is 1.